The first kappa shape index (κ1) is 14.4. The van der Waals surface area contributed by atoms with E-state index in [2.05, 4.69) is 24.5 Å². The molecule has 0 heterocycles. The number of nitrogens with two attached hydrogens (primary N) is 1. The first-order valence-corrected chi connectivity index (χ1v) is 7.52. The van der Waals surface area contributed by atoms with Gasteiger partial charge in [0.1, 0.15) is 5.75 Å². The molecule has 0 radical (unpaired) electrons. The van der Waals surface area contributed by atoms with Gasteiger partial charge in [-0.15, -0.1) is 0 Å². The van der Waals surface area contributed by atoms with E-state index in [1.165, 1.54) is 31.2 Å². The van der Waals surface area contributed by atoms with Gasteiger partial charge in [-0.2, -0.15) is 0 Å². The van der Waals surface area contributed by atoms with Crippen molar-refractivity contribution in [3.8, 4) is 5.75 Å². The Hall–Kier alpha value is -1.06. The van der Waals surface area contributed by atoms with Crippen LogP contribution in [0.1, 0.15) is 57.1 Å². The Morgan fingerprint density at radius 2 is 2.05 bits per heavy atom. The number of nitrogens with one attached hydrogen (secondary N) is 1. The third kappa shape index (κ3) is 4.84. The summed E-state index contributed by atoms with van der Waals surface area (Å²) in [4.78, 5) is 0. The Morgan fingerprint density at radius 3 is 2.63 bits per heavy atom. The minimum Gasteiger partial charge on any atom is -0.494 e. The van der Waals surface area contributed by atoms with Crippen LogP contribution in [0.15, 0.2) is 24.3 Å². The van der Waals surface area contributed by atoms with E-state index in [1.54, 1.807) is 0 Å². The SMILES string of the molecule is CCCCOc1ccc(C(CCC2CC2)NN)cc1. The van der Waals surface area contributed by atoms with Crippen LogP contribution in [0.2, 0.25) is 0 Å². The summed E-state index contributed by atoms with van der Waals surface area (Å²) < 4.78 is 5.67. The first-order chi connectivity index (χ1) is 9.33. The predicted octanol–water partition coefficient (Wildman–Crippen LogP) is 3.56. The molecular weight excluding hydrogens is 236 g/mol. The number of hydrazine groups is 1. The van der Waals surface area contributed by atoms with Crippen LogP contribution in [0.3, 0.4) is 0 Å². The van der Waals surface area contributed by atoms with Gasteiger partial charge in [-0.1, -0.05) is 38.3 Å². The zero-order valence-electron chi connectivity index (χ0n) is 11.9. The highest BCUT2D eigenvalue weighted by molar-refractivity contribution is 5.29. The lowest BCUT2D eigenvalue weighted by atomic mass is 10.0. The van der Waals surface area contributed by atoms with Gasteiger partial charge in [0.05, 0.1) is 6.61 Å². The molecule has 1 aliphatic rings. The normalized spacial score (nSPS) is 16.3. The summed E-state index contributed by atoms with van der Waals surface area (Å²) >= 11 is 0. The fourth-order valence-electron chi connectivity index (χ4n) is 2.29. The molecule has 3 heteroatoms. The predicted molar refractivity (Wildman–Crippen MR) is 78.9 cm³/mol. The van der Waals surface area contributed by atoms with Crippen LogP contribution in [0.25, 0.3) is 0 Å². The van der Waals surface area contributed by atoms with E-state index in [0.717, 1.165) is 31.1 Å². The maximum atomic E-state index is 5.67. The largest absolute Gasteiger partial charge is 0.494 e. The lowest BCUT2D eigenvalue weighted by Gasteiger charge is -2.16. The Labute approximate surface area is 116 Å². The van der Waals surface area contributed by atoms with Crippen molar-refractivity contribution < 1.29 is 4.74 Å². The number of rotatable bonds is 9. The van der Waals surface area contributed by atoms with E-state index in [0.29, 0.717) is 0 Å². The molecule has 0 aromatic heterocycles. The summed E-state index contributed by atoms with van der Waals surface area (Å²) in [5.41, 5.74) is 4.19. The molecule has 19 heavy (non-hydrogen) atoms. The van der Waals surface area contributed by atoms with E-state index < -0.39 is 0 Å². The molecule has 1 fully saturated rings. The summed E-state index contributed by atoms with van der Waals surface area (Å²) in [5, 5.41) is 0. The van der Waals surface area contributed by atoms with Crippen molar-refractivity contribution in [3.63, 3.8) is 0 Å². The Morgan fingerprint density at radius 1 is 1.32 bits per heavy atom. The molecule has 1 saturated carbocycles. The van der Waals surface area contributed by atoms with Crippen molar-refractivity contribution in [1.82, 2.24) is 5.43 Å². The van der Waals surface area contributed by atoms with Gasteiger partial charge in [0.15, 0.2) is 0 Å². The van der Waals surface area contributed by atoms with Crippen LogP contribution in [-0.2, 0) is 0 Å². The smallest absolute Gasteiger partial charge is 0.119 e. The topological polar surface area (TPSA) is 47.3 Å². The van der Waals surface area contributed by atoms with Gasteiger partial charge in [0.25, 0.3) is 0 Å². The molecule has 1 aromatic rings. The number of hydrogen-bond acceptors (Lipinski definition) is 3. The van der Waals surface area contributed by atoms with Crippen molar-refractivity contribution in [3.05, 3.63) is 29.8 Å². The van der Waals surface area contributed by atoms with Gasteiger partial charge in [-0.25, -0.2) is 0 Å². The molecule has 0 saturated heterocycles. The molecule has 0 amide bonds. The van der Waals surface area contributed by atoms with Crippen LogP contribution in [0.4, 0.5) is 0 Å². The molecule has 106 valence electrons. The fourth-order valence-corrected chi connectivity index (χ4v) is 2.29. The third-order valence-corrected chi connectivity index (χ3v) is 3.81. The molecule has 0 aliphatic heterocycles. The minimum atomic E-state index is 0.269. The minimum absolute atomic E-state index is 0.269. The maximum absolute atomic E-state index is 5.67. The van der Waals surface area contributed by atoms with Gasteiger partial charge < -0.3 is 4.74 Å². The number of benzene rings is 1. The molecule has 0 spiro atoms. The van der Waals surface area contributed by atoms with Gasteiger partial charge in [-0.3, -0.25) is 11.3 Å². The van der Waals surface area contributed by atoms with Crippen LogP contribution in [0, 0.1) is 5.92 Å². The van der Waals surface area contributed by atoms with E-state index in [9.17, 15) is 0 Å². The van der Waals surface area contributed by atoms with Crippen LogP contribution in [-0.4, -0.2) is 6.61 Å². The molecule has 0 bridgehead atoms. The average molecular weight is 262 g/mol. The molecule has 1 aliphatic carbocycles. The Balaban J connectivity index is 1.83. The zero-order chi connectivity index (χ0) is 13.5. The van der Waals surface area contributed by atoms with Gasteiger partial charge >= 0.3 is 0 Å². The molecule has 3 nitrogen and oxygen atoms in total. The summed E-state index contributed by atoms with van der Waals surface area (Å²) in [6.07, 6.45) is 7.48. The Bertz CT molecular complexity index is 360. The van der Waals surface area contributed by atoms with Crippen molar-refractivity contribution in [1.29, 1.82) is 0 Å². The quantitative estimate of drug-likeness (QED) is 0.406. The average Bonchev–Trinajstić information content (AvgIpc) is 3.25. The summed E-state index contributed by atoms with van der Waals surface area (Å²) in [6, 6.07) is 8.61. The van der Waals surface area contributed by atoms with Gasteiger partial charge in [0.2, 0.25) is 0 Å². The van der Waals surface area contributed by atoms with Crippen molar-refractivity contribution >= 4 is 0 Å². The molecule has 2 rings (SSSR count). The van der Waals surface area contributed by atoms with Gasteiger partial charge in [0, 0.05) is 6.04 Å². The van der Waals surface area contributed by atoms with Crippen LogP contribution < -0.4 is 16.0 Å². The lowest BCUT2D eigenvalue weighted by Crippen LogP contribution is -2.28. The highest BCUT2D eigenvalue weighted by atomic mass is 16.5. The van der Waals surface area contributed by atoms with Crippen molar-refractivity contribution in [2.75, 3.05) is 6.61 Å². The van der Waals surface area contributed by atoms with E-state index in [4.69, 9.17) is 10.6 Å². The van der Waals surface area contributed by atoms with Crippen molar-refractivity contribution in [2.45, 2.75) is 51.5 Å². The van der Waals surface area contributed by atoms with Gasteiger partial charge in [-0.05, 0) is 42.9 Å². The number of ether oxygens (including phenoxy) is 1. The van der Waals surface area contributed by atoms with E-state index >= 15 is 0 Å². The summed E-state index contributed by atoms with van der Waals surface area (Å²) in [5.74, 6) is 7.57. The molecule has 3 N–H and O–H groups in total. The Kier molecular flexibility index (Phi) is 5.67. The van der Waals surface area contributed by atoms with Crippen LogP contribution in [0.5, 0.6) is 5.75 Å². The first-order valence-electron chi connectivity index (χ1n) is 7.52. The van der Waals surface area contributed by atoms with E-state index in [-0.39, 0.29) is 6.04 Å². The second kappa shape index (κ2) is 7.51. The van der Waals surface area contributed by atoms with E-state index in [1.807, 2.05) is 12.1 Å². The molecule has 1 atom stereocenters. The zero-order valence-corrected chi connectivity index (χ0v) is 11.9. The maximum Gasteiger partial charge on any atom is 0.119 e. The highest BCUT2D eigenvalue weighted by Crippen LogP contribution is 2.35. The second-order valence-electron chi connectivity index (χ2n) is 5.51. The summed E-state index contributed by atoms with van der Waals surface area (Å²) in [7, 11) is 0. The fraction of sp³-hybridized carbons (Fsp3) is 0.625. The summed E-state index contributed by atoms with van der Waals surface area (Å²) in [6.45, 7) is 2.97. The number of hydrogen-bond donors (Lipinski definition) is 2. The number of unbranched alkanes of at least 4 members (excludes halogenated alkanes) is 1. The third-order valence-electron chi connectivity index (χ3n) is 3.81. The van der Waals surface area contributed by atoms with Crippen molar-refractivity contribution in [2.24, 2.45) is 11.8 Å². The van der Waals surface area contributed by atoms with Crippen LogP contribution >= 0.6 is 0 Å². The molecule has 1 aromatic carbocycles. The molecular formula is C16H26N2O. The lowest BCUT2D eigenvalue weighted by molar-refractivity contribution is 0.309. The molecule has 1 unspecified atom stereocenters. The highest BCUT2D eigenvalue weighted by Gasteiger charge is 2.22. The second-order valence-corrected chi connectivity index (χ2v) is 5.51. The monoisotopic (exact) mass is 262 g/mol. The standard InChI is InChI=1S/C16H26N2O/c1-2-3-12-19-15-9-7-14(8-10-15)16(18-17)11-6-13-4-5-13/h7-10,13,16,18H,2-6,11-12,17H2,1H3.